The first-order valence-electron chi connectivity index (χ1n) is 6.00. The number of hydrogen-bond acceptors (Lipinski definition) is 2. The third-order valence-corrected chi connectivity index (χ3v) is 2.62. The van der Waals surface area contributed by atoms with Crippen LogP contribution in [0.3, 0.4) is 0 Å². The van der Waals surface area contributed by atoms with Crippen LogP contribution in [-0.4, -0.2) is 12.4 Å². The average Bonchev–Trinajstić information content (AvgIpc) is 2.24. The van der Waals surface area contributed by atoms with Gasteiger partial charge in [-0.05, 0) is 29.5 Å². The number of amidine groups is 1. The Bertz CT molecular complexity index is 424. The second-order valence-electron chi connectivity index (χ2n) is 5.58. The quantitative estimate of drug-likeness (QED) is 0.480. The van der Waals surface area contributed by atoms with Gasteiger partial charge in [0.05, 0.1) is 6.61 Å². The largest absolute Gasteiger partial charge is 0.384 e. The molecule has 1 aromatic rings. The summed E-state index contributed by atoms with van der Waals surface area (Å²) in [7, 11) is 0. The van der Waals surface area contributed by atoms with Gasteiger partial charge in [-0.3, -0.25) is 5.41 Å². The van der Waals surface area contributed by atoms with Crippen molar-refractivity contribution in [3.05, 3.63) is 35.1 Å². The molecule has 0 spiro atoms. The van der Waals surface area contributed by atoms with E-state index in [0.717, 1.165) is 12.0 Å². The predicted octanol–water partition coefficient (Wildman–Crippen LogP) is 3.06. The Hall–Kier alpha value is -1.42. The molecule has 0 radical (unpaired) electrons. The van der Waals surface area contributed by atoms with Gasteiger partial charge in [-0.2, -0.15) is 0 Å². The van der Waals surface area contributed by atoms with E-state index in [9.17, 15) is 4.39 Å². The minimum atomic E-state index is -0.390. The van der Waals surface area contributed by atoms with Crippen LogP contribution < -0.4 is 5.73 Å². The summed E-state index contributed by atoms with van der Waals surface area (Å²) in [6.45, 7) is 7.43. The molecule has 3 nitrogen and oxygen atoms in total. The fourth-order valence-electron chi connectivity index (χ4n) is 1.49. The van der Waals surface area contributed by atoms with Crippen LogP contribution in [0, 0.1) is 16.6 Å². The first kappa shape index (κ1) is 14.6. The lowest BCUT2D eigenvalue weighted by Crippen LogP contribution is -2.15. The Kier molecular flexibility index (Phi) is 4.84. The lowest BCUT2D eigenvalue weighted by atomic mass is 9.93. The summed E-state index contributed by atoms with van der Waals surface area (Å²) in [6.07, 6.45) is 0.948. The van der Waals surface area contributed by atoms with Crippen LogP contribution in [0.15, 0.2) is 18.2 Å². The third-order valence-electron chi connectivity index (χ3n) is 2.62. The molecule has 0 unspecified atom stereocenters. The molecule has 3 N–H and O–H groups in total. The zero-order valence-electron chi connectivity index (χ0n) is 11.2. The average molecular weight is 252 g/mol. The molecule has 1 rings (SSSR count). The number of ether oxygens (including phenoxy) is 1. The van der Waals surface area contributed by atoms with Crippen LogP contribution in [0.5, 0.6) is 0 Å². The van der Waals surface area contributed by atoms with Crippen molar-refractivity contribution in [2.75, 3.05) is 6.61 Å². The molecule has 0 aliphatic carbocycles. The summed E-state index contributed by atoms with van der Waals surface area (Å²) in [6, 6.07) is 4.24. The Labute approximate surface area is 108 Å². The van der Waals surface area contributed by atoms with Crippen molar-refractivity contribution in [2.45, 2.75) is 33.8 Å². The molecule has 0 aliphatic rings. The fourth-order valence-corrected chi connectivity index (χ4v) is 1.49. The monoisotopic (exact) mass is 252 g/mol. The summed E-state index contributed by atoms with van der Waals surface area (Å²) in [5.41, 5.74) is 6.80. The number of benzene rings is 1. The lowest BCUT2D eigenvalue weighted by molar-refractivity contribution is 0.0961. The molecule has 0 bridgehead atoms. The molecular formula is C14H21FN2O. The van der Waals surface area contributed by atoms with E-state index in [0.29, 0.717) is 18.8 Å². The van der Waals surface area contributed by atoms with Gasteiger partial charge >= 0.3 is 0 Å². The zero-order chi connectivity index (χ0) is 13.8. The van der Waals surface area contributed by atoms with Crippen molar-refractivity contribution in [3.63, 3.8) is 0 Å². The maximum atomic E-state index is 13.1. The van der Waals surface area contributed by atoms with E-state index < -0.39 is 5.82 Å². The van der Waals surface area contributed by atoms with E-state index in [2.05, 4.69) is 20.8 Å². The molecule has 18 heavy (non-hydrogen) atoms. The van der Waals surface area contributed by atoms with Gasteiger partial charge in [0, 0.05) is 12.2 Å². The van der Waals surface area contributed by atoms with Gasteiger partial charge in [0.1, 0.15) is 11.7 Å². The Morgan fingerprint density at radius 3 is 2.61 bits per heavy atom. The van der Waals surface area contributed by atoms with E-state index in [-0.39, 0.29) is 11.3 Å². The highest BCUT2D eigenvalue weighted by molar-refractivity contribution is 5.96. The number of hydrogen-bond donors (Lipinski definition) is 2. The van der Waals surface area contributed by atoms with Crippen molar-refractivity contribution in [3.8, 4) is 0 Å². The summed E-state index contributed by atoms with van der Waals surface area (Å²) in [4.78, 5) is 0. The molecule has 1 aromatic carbocycles. The van der Waals surface area contributed by atoms with Gasteiger partial charge < -0.3 is 10.5 Å². The van der Waals surface area contributed by atoms with Crippen molar-refractivity contribution < 1.29 is 9.13 Å². The van der Waals surface area contributed by atoms with Gasteiger partial charge in [0.15, 0.2) is 0 Å². The smallest absolute Gasteiger partial charge is 0.123 e. The molecule has 4 heteroatoms. The molecule has 0 aromatic heterocycles. The van der Waals surface area contributed by atoms with Gasteiger partial charge in [0.2, 0.25) is 0 Å². The summed E-state index contributed by atoms with van der Waals surface area (Å²) >= 11 is 0. The van der Waals surface area contributed by atoms with Crippen LogP contribution in [0.25, 0.3) is 0 Å². The van der Waals surface area contributed by atoms with E-state index in [4.69, 9.17) is 15.9 Å². The second kappa shape index (κ2) is 5.96. The maximum absolute atomic E-state index is 13.1. The van der Waals surface area contributed by atoms with Crippen molar-refractivity contribution >= 4 is 5.84 Å². The highest BCUT2D eigenvalue weighted by Gasteiger charge is 2.11. The van der Waals surface area contributed by atoms with Gasteiger partial charge in [-0.15, -0.1) is 0 Å². The van der Waals surface area contributed by atoms with Gasteiger partial charge in [0.25, 0.3) is 0 Å². The number of halogens is 1. The van der Waals surface area contributed by atoms with Crippen LogP contribution in [0.1, 0.15) is 38.3 Å². The van der Waals surface area contributed by atoms with E-state index in [1.807, 2.05) is 0 Å². The second-order valence-corrected chi connectivity index (χ2v) is 5.58. The fraction of sp³-hybridized carbons (Fsp3) is 0.500. The molecule has 0 atom stereocenters. The summed E-state index contributed by atoms with van der Waals surface area (Å²) in [5.74, 6) is -0.525. The minimum Gasteiger partial charge on any atom is -0.384 e. The first-order valence-corrected chi connectivity index (χ1v) is 6.00. The molecule has 0 saturated carbocycles. The topological polar surface area (TPSA) is 59.1 Å². The number of rotatable bonds is 5. The molecule has 0 saturated heterocycles. The number of nitrogen functional groups attached to an aromatic ring is 1. The molecular weight excluding hydrogens is 231 g/mol. The number of nitrogens with two attached hydrogens (primary N) is 1. The molecule has 0 amide bonds. The van der Waals surface area contributed by atoms with Crippen LogP contribution in [-0.2, 0) is 11.3 Å². The lowest BCUT2D eigenvalue weighted by Gasteiger charge is -2.18. The van der Waals surface area contributed by atoms with Crippen LogP contribution in [0.4, 0.5) is 4.39 Å². The minimum absolute atomic E-state index is 0.135. The third kappa shape index (κ3) is 4.84. The number of nitrogens with one attached hydrogen (secondary N) is 1. The van der Waals surface area contributed by atoms with Crippen molar-refractivity contribution in [1.82, 2.24) is 0 Å². The van der Waals surface area contributed by atoms with Crippen LogP contribution in [0.2, 0.25) is 0 Å². The Morgan fingerprint density at radius 1 is 1.39 bits per heavy atom. The standard InChI is InChI=1S/C14H21FN2O/c1-14(2,3)6-7-18-9-10-4-5-11(15)8-12(10)13(16)17/h4-5,8H,6-7,9H2,1-3H3,(H3,16,17). The van der Waals surface area contributed by atoms with Gasteiger partial charge in [-0.25, -0.2) is 4.39 Å². The predicted molar refractivity (Wildman–Crippen MR) is 71.1 cm³/mol. The van der Waals surface area contributed by atoms with E-state index >= 15 is 0 Å². The van der Waals surface area contributed by atoms with Gasteiger partial charge in [-0.1, -0.05) is 26.8 Å². The van der Waals surface area contributed by atoms with E-state index in [1.54, 1.807) is 6.07 Å². The normalized spacial score (nSPS) is 11.6. The van der Waals surface area contributed by atoms with Crippen molar-refractivity contribution in [1.29, 1.82) is 5.41 Å². The first-order chi connectivity index (χ1) is 8.29. The summed E-state index contributed by atoms with van der Waals surface area (Å²) in [5, 5.41) is 7.41. The highest BCUT2D eigenvalue weighted by atomic mass is 19.1. The Balaban J connectivity index is 2.59. The summed E-state index contributed by atoms with van der Waals surface area (Å²) < 4.78 is 18.6. The van der Waals surface area contributed by atoms with Crippen LogP contribution >= 0.6 is 0 Å². The highest BCUT2D eigenvalue weighted by Crippen LogP contribution is 2.19. The van der Waals surface area contributed by atoms with E-state index in [1.165, 1.54) is 12.1 Å². The Morgan fingerprint density at radius 2 is 2.06 bits per heavy atom. The molecule has 0 heterocycles. The van der Waals surface area contributed by atoms with Crippen molar-refractivity contribution in [2.24, 2.45) is 11.1 Å². The SMILES string of the molecule is CC(C)(C)CCOCc1ccc(F)cc1C(=N)N. The molecule has 100 valence electrons. The maximum Gasteiger partial charge on any atom is 0.123 e. The molecule has 0 aliphatic heterocycles. The molecule has 0 fully saturated rings. The zero-order valence-corrected chi connectivity index (χ0v) is 11.2.